The number of Topliss-reactive ketones (excluding diaryl/α,β-unsaturated/α-hetero) is 1. The van der Waals surface area contributed by atoms with E-state index in [9.17, 15) is 4.79 Å². The molecule has 0 atom stereocenters. The van der Waals surface area contributed by atoms with Crippen LogP contribution in [0.3, 0.4) is 0 Å². The zero-order chi connectivity index (χ0) is 7.84. The molecule has 58 valence electrons. The smallest absolute Gasteiger partial charge is 0.164 e. The number of nitrogens with zero attached hydrogens (tertiary/aromatic N) is 1. The van der Waals surface area contributed by atoms with Gasteiger partial charge in [-0.15, -0.1) is 0 Å². The van der Waals surface area contributed by atoms with Crippen LogP contribution in [0.5, 0.6) is 0 Å². The van der Waals surface area contributed by atoms with Gasteiger partial charge in [-0.1, -0.05) is 0 Å². The van der Waals surface area contributed by atoms with Crippen LogP contribution in [-0.2, 0) is 13.5 Å². The van der Waals surface area contributed by atoms with Gasteiger partial charge in [-0.2, -0.15) is 0 Å². The Kier molecular flexibility index (Phi) is 1.34. The Balaban J connectivity index is 2.55. The Morgan fingerprint density at radius 1 is 1.45 bits per heavy atom. The quantitative estimate of drug-likeness (QED) is 0.548. The van der Waals surface area contributed by atoms with Crippen molar-refractivity contribution in [2.45, 2.75) is 19.3 Å². The number of carbonyl (C=O) groups excluding carboxylic acids is 1. The predicted molar refractivity (Wildman–Crippen MR) is 42.7 cm³/mol. The second kappa shape index (κ2) is 2.22. The molecular weight excluding hydrogens is 138 g/mol. The molecule has 1 aliphatic rings. The van der Waals surface area contributed by atoms with Gasteiger partial charge in [-0.05, 0) is 18.9 Å². The van der Waals surface area contributed by atoms with Crippen molar-refractivity contribution in [3.63, 3.8) is 0 Å². The van der Waals surface area contributed by atoms with Gasteiger partial charge < -0.3 is 4.57 Å². The molecule has 0 N–H and O–H groups in total. The minimum atomic E-state index is 0.312. The number of carbonyl (C=O) groups is 1. The molecule has 0 amide bonds. The lowest BCUT2D eigenvalue weighted by Crippen LogP contribution is -2.11. The zero-order valence-corrected chi connectivity index (χ0v) is 6.63. The Hall–Kier alpha value is -1.05. The molecule has 0 saturated heterocycles. The van der Waals surface area contributed by atoms with Crippen molar-refractivity contribution in [3.8, 4) is 0 Å². The number of rotatable bonds is 0. The molecule has 0 aliphatic heterocycles. The van der Waals surface area contributed by atoms with Gasteiger partial charge >= 0.3 is 0 Å². The average molecular weight is 149 g/mol. The van der Waals surface area contributed by atoms with Gasteiger partial charge in [0.25, 0.3) is 0 Å². The predicted octanol–water partition coefficient (Wildman–Crippen LogP) is 1.54. The van der Waals surface area contributed by atoms with Crippen molar-refractivity contribution in [1.82, 2.24) is 4.57 Å². The van der Waals surface area contributed by atoms with E-state index in [-0.39, 0.29) is 0 Å². The molecule has 1 aromatic heterocycles. The first-order chi connectivity index (χ1) is 5.29. The fourth-order valence-corrected chi connectivity index (χ4v) is 1.68. The summed E-state index contributed by atoms with van der Waals surface area (Å²) in [7, 11) is 2.00. The van der Waals surface area contributed by atoms with Gasteiger partial charge in [0.2, 0.25) is 0 Å². The summed E-state index contributed by atoms with van der Waals surface area (Å²) in [4.78, 5) is 11.3. The molecular formula is C9H11NO. The summed E-state index contributed by atoms with van der Waals surface area (Å²) in [5, 5.41) is 0. The normalized spacial score (nSPS) is 16.6. The van der Waals surface area contributed by atoms with Crippen LogP contribution in [0.15, 0.2) is 12.3 Å². The number of aromatic nitrogens is 1. The second-order valence-corrected chi connectivity index (χ2v) is 3.06. The first kappa shape index (κ1) is 6.65. The highest BCUT2D eigenvalue weighted by atomic mass is 16.1. The van der Waals surface area contributed by atoms with Gasteiger partial charge in [0.05, 0.1) is 0 Å². The maximum Gasteiger partial charge on any atom is 0.164 e. The van der Waals surface area contributed by atoms with Crippen LogP contribution in [0, 0.1) is 0 Å². The van der Waals surface area contributed by atoms with E-state index in [1.807, 2.05) is 23.9 Å². The first-order valence-corrected chi connectivity index (χ1v) is 3.96. The standard InChI is InChI=1S/C9H11NO/c1-10-6-5-7-8(10)3-2-4-9(7)11/h5-6H,2-4H2,1H3. The van der Waals surface area contributed by atoms with Crippen LogP contribution < -0.4 is 0 Å². The topological polar surface area (TPSA) is 22.0 Å². The first-order valence-electron chi connectivity index (χ1n) is 3.96. The molecule has 0 unspecified atom stereocenters. The zero-order valence-electron chi connectivity index (χ0n) is 6.63. The Morgan fingerprint density at radius 3 is 3.00 bits per heavy atom. The molecule has 0 saturated carbocycles. The average Bonchev–Trinajstić information content (AvgIpc) is 2.35. The van der Waals surface area contributed by atoms with E-state index in [1.54, 1.807) is 0 Å². The van der Waals surface area contributed by atoms with Crippen molar-refractivity contribution < 1.29 is 4.79 Å². The third-order valence-corrected chi connectivity index (χ3v) is 2.32. The highest BCUT2D eigenvalue weighted by Crippen LogP contribution is 2.20. The molecule has 2 rings (SSSR count). The van der Waals surface area contributed by atoms with Gasteiger partial charge in [-0.3, -0.25) is 4.79 Å². The largest absolute Gasteiger partial charge is 0.354 e. The lowest BCUT2D eigenvalue weighted by Gasteiger charge is -2.11. The maximum atomic E-state index is 11.3. The molecule has 0 fully saturated rings. The van der Waals surface area contributed by atoms with Gasteiger partial charge in [0, 0.05) is 30.9 Å². The molecule has 1 aliphatic carbocycles. The van der Waals surface area contributed by atoms with Crippen LogP contribution in [-0.4, -0.2) is 10.4 Å². The van der Waals surface area contributed by atoms with E-state index in [0.29, 0.717) is 5.78 Å². The van der Waals surface area contributed by atoms with E-state index in [0.717, 1.165) is 24.8 Å². The summed E-state index contributed by atoms with van der Waals surface area (Å²) in [6.45, 7) is 0. The summed E-state index contributed by atoms with van der Waals surface area (Å²) >= 11 is 0. The summed E-state index contributed by atoms with van der Waals surface area (Å²) in [5.41, 5.74) is 2.15. The Morgan fingerprint density at radius 2 is 2.27 bits per heavy atom. The van der Waals surface area contributed by atoms with Crippen molar-refractivity contribution in [2.24, 2.45) is 7.05 Å². The highest BCUT2D eigenvalue weighted by molar-refractivity contribution is 5.98. The summed E-state index contributed by atoms with van der Waals surface area (Å²) in [5.74, 6) is 0.312. The van der Waals surface area contributed by atoms with Gasteiger partial charge in [0.1, 0.15) is 0 Å². The summed E-state index contributed by atoms with van der Waals surface area (Å²) < 4.78 is 2.05. The monoisotopic (exact) mass is 149 g/mol. The molecule has 1 heterocycles. The van der Waals surface area contributed by atoms with E-state index in [4.69, 9.17) is 0 Å². The highest BCUT2D eigenvalue weighted by Gasteiger charge is 2.18. The lowest BCUT2D eigenvalue weighted by atomic mass is 9.97. The number of hydrogen-bond donors (Lipinski definition) is 0. The second-order valence-electron chi connectivity index (χ2n) is 3.06. The van der Waals surface area contributed by atoms with E-state index < -0.39 is 0 Å². The molecule has 0 bridgehead atoms. The Bertz CT molecular complexity index is 299. The summed E-state index contributed by atoms with van der Waals surface area (Å²) in [6.07, 6.45) is 4.78. The minimum absolute atomic E-state index is 0.312. The third-order valence-electron chi connectivity index (χ3n) is 2.32. The molecule has 0 aromatic carbocycles. The molecule has 1 aromatic rings. The maximum absolute atomic E-state index is 11.3. The van der Waals surface area contributed by atoms with Gasteiger partial charge in [0.15, 0.2) is 5.78 Å². The van der Waals surface area contributed by atoms with Crippen LogP contribution >= 0.6 is 0 Å². The van der Waals surface area contributed by atoms with Crippen molar-refractivity contribution >= 4 is 5.78 Å². The van der Waals surface area contributed by atoms with Crippen LogP contribution in [0.25, 0.3) is 0 Å². The van der Waals surface area contributed by atoms with Gasteiger partial charge in [-0.25, -0.2) is 0 Å². The van der Waals surface area contributed by atoms with Crippen LogP contribution in [0.1, 0.15) is 28.9 Å². The fraction of sp³-hybridized carbons (Fsp3) is 0.444. The number of fused-ring (bicyclic) bond motifs is 1. The van der Waals surface area contributed by atoms with Crippen molar-refractivity contribution in [1.29, 1.82) is 0 Å². The van der Waals surface area contributed by atoms with Crippen LogP contribution in [0.2, 0.25) is 0 Å². The van der Waals surface area contributed by atoms with Crippen molar-refractivity contribution in [3.05, 3.63) is 23.5 Å². The molecule has 2 heteroatoms. The van der Waals surface area contributed by atoms with Crippen molar-refractivity contribution in [2.75, 3.05) is 0 Å². The lowest BCUT2D eigenvalue weighted by molar-refractivity contribution is 0.0972. The third kappa shape index (κ3) is 0.897. The number of aryl methyl sites for hydroxylation is 1. The van der Waals surface area contributed by atoms with Crippen LogP contribution in [0.4, 0.5) is 0 Å². The molecule has 0 spiro atoms. The molecule has 0 radical (unpaired) electrons. The minimum Gasteiger partial charge on any atom is -0.354 e. The van der Waals surface area contributed by atoms with E-state index in [1.165, 1.54) is 5.69 Å². The van der Waals surface area contributed by atoms with E-state index in [2.05, 4.69) is 0 Å². The van der Waals surface area contributed by atoms with E-state index >= 15 is 0 Å². The summed E-state index contributed by atoms with van der Waals surface area (Å²) in [6, 6.07) is 1.93. The molecule has 2 nitrogen and oxygen atoms in total. The number of hydrogen-bond acceptors (Lipinski definition) is 1. The number of ketones is 1. The SMILES string of the molecule is Cn1ccc2c1CCCC2=O. The molecule has 11 heavy (non-hydrogen) atoms. The fourth-order valence-electron chi connectivity index (χ4n) is 1.68. The Labute approximate surface area is 65.8 Å².